The van der Waals surface area contributed by atoms with Crippen LogP contribution in [0.4, 0.5) is 20.7 Å². The van der Waals surface area contributed by atoms with Crippen molar-refractivity contribution in [3.63, 3.8) is 0 Å². The molecule has 2 saturated heterocycles. The number of hydrogen-bond acceptors (Lipinski definition) is 8. The average Bonchev–Trinajstić information content (AvgIpc) is 3.34. The van der Waals surface area contributed by atoms with Crippen LogP contribution in [0.25, 0.3) is 11.1 Å². The highest BCUT2D eigenvalue weighted by Crippen LogP contribution is 2.49. The summed E-state index contributed by atoms with van der Waals surface area (Å²) >= 11 is 0. The molecule has 3 aromatic rings. The van der Waals surface area contributed by atoms with E-state index in [1.54, 1.807) is 42.7 Å². The number of aromatic nitrogens is 2. The van der Waals surface area contributed by atoms with Gasteiger partial charge < -0.3 is 19.3 Å². The SMILES string of the molecule is N#CC1C2COC[C@@H]12.O=C1OC(CNc2ccon2)CN1c1ccc(-c2cccnc2)c(F)c1. The summed E-state index contributed by atoms with van der Waals surface area (Å²) < 4.78 is 29.6. The molecule has 0 bridgehead atoms. The molecule has 0 radical (unpaired) electrons. The van der Waals surface area contributed by atoms with Crippen LogP contribution in [0.1, 0.15) is 0 Å². The number of ether oxygens (including phenoxy) is 2. The summed E-state index contributed by atoms with van der Waals surface area (Å²) in [5.74, 6) is 1.71. The summed E-state index contributed by atoms with van der Waals surface area (Å²) in [6.07, 6.45) is 3.78. The summed E-state index contributed by atoms with van der Waals surface area (Å²) in [6, 6.07) is 12.1. The van der Waals surface area contributed by atoms with Crippen LogP contribution in [0.2, 0.25) is 0 Å². The molecule has 2 aliphatic heterocycles. The minimum absolute atomic E-state index is 0.315. The maximum atomic E-state index is 14.5. The Morgan fingerprint density at radius 1 is 1.24 bits per heavy atom. The zero-order chi connectivity index (χ0) is 23.5. The second kappa shape index (κ2) is 9.49. The fraction of sp³-hybridized carbons (Fsp3) is 0.333. The molecular formula is C24H22FN5O4. The van der Waals surface area contributed by atoms with Crippen LogP contribution in [0, 0.1) is 34.9 Å². The summed E-state index contributed by atoms with van der Waals surface area (Å²) in [6.45, 7) is 2.37. The Balaban J connectivity index is 0.000000252. The van der Waals surface area contributed by atoms with Crippen LogP contribution in [0.15, 0.2) is 59.6 Å². The van der Waals surface area contributed by atoms with Gasteiger partial charge in [0, 0.05) is 41.4 Å². The van der Waals surface area contributed by atoms with Crippen LogP contribution in [0.3, 0.4) is 0 Å². The van der Waals surface area contributed by atoms with E-state index in [2.05, 4.69) is 21.5 Å². The van der Waals surface area contributed by atoms with Crippen molar-refractivity contribution in [3.8, 4) is 17.2 Å². The molecule has 3 fully saturated rings. The minimum Gasteiger partial charge on any atom is -0.442 e. The van der Waals surface area contributed by atoms with Gasteiger partial charge in [-0.3, -0.25) is 9.88 Å². The number of pyridine rings is 1. The Kier molecular flexibility index (Phi) is 6.10. The summed E-state index contributed by atoms with van der Waals surface area (Å²) in [7, 11) is 0. The lowest BCUT2D eigenvalue weighted by molar-refractivity contribution is 0.147. The van der Waals surface area contributed by atoms with Crippen LogP contribution in [-0.4, -0.2) is 48.6 Å². The number of rotatable bonds is 5. The Morgan fingerprint density at radius 3 is 2.74 bits per heavy atom. The van der Waals surface area contributed by atoms with Gasteiger partial charge >= 0.3 is 6.09 Å². The van der Waals surface area contributed by atoms with Crippen molar-refractivity contribution in [1.82, 2.24) is 10.1 Å². The largest absolute Gasteiger partial charge is 0.442 e. The minimum atomic E-state index is -0.509. The van der Waals surface area contributed by atoms with E-state index in [0.717, 1.165) is 13.2 Å². The van der Waals surface area contributed by atoms with Crippen LogP contribution in [0.5, 0.6) is 0 Å². The normalized spacial score (nSPS) is 24.5. The molecule has 2 aromatic heterocycles. The van der Waals surface area contributed by atoms with Crippen molar-refractivity contribution in [2.75, 3.05) is 36.5 Å². The highest BCUT2D eigenvalue weighted by Gasteiger charge is 2.54. The maximum Gasteiger partial charge on any atom is 0.414 e. The third kappa shape index (κ3) is 4.56. The van der Waals surface area contributed by atoms with E-state index in [1.165, 1.54) is 17.2 Å². The standard InChI is InChI=1S/C18H15FN4O3.C6H7NO/c19-16-8-13(3-4-15(16)12-2-1-6-20-9-12)23-11-14(26-18(23)24)10-21-17-5-7-25-22-17;7-1-4-5-2-8-3-6(4)5/h1-9,14H,10-11H2,(H,21,22);4-6H,2-3H2/t;4?,5-,6?/m.0/s1. The lowest BCUT2D eigenvalue weighted by atomic mass is 10.1. The number of amides is 1. The third-order valence-corrected chi connectivity index (χ3v) is 6.16. The molecule has 0 spiro atoms. The van der Waals surface area contributed by atoms with E-state index >= 15 is 0 Å². The Labute approximate surface area is 195 Å². The molecule has 1 amide bonds. The molecule has 34 heavy (non-hydrogen) atoms. The molecule has 1 aromatic carbocycles. The number of carbonyl (C=O) groups is 1. The monoisotopic (exact) mass is 463 g/mol. The van der Waals surface area contributed by atoms with Crippen LogP contribution in [-0.2, 0) is 9.47 Å². The molecule has 4 atom stereocenters. The highest BCUT2D eigenvalue weighted by molar-refractivity contribution is 5.90. The van der Waals surface area contributed by atoms with Gasteiger partial charge in [0.05, 0.1) is 44.0 Å². The lowest BCUT2D eigenvalue weighted by Gasteiger charge is -2.14. The Hall–Kier alpha value is -3.97. The second-order valence-electron chi connectivity index (χ2n) is 8.31. The molecule has 3 aliphatic rings. The van der Waals surface area contributed by atoms with Crippen molar-refractivity contribution in [1.29, 1.82) is 5.26 Å². The number of nitrogens with one attached hydrogen (secondary N) is 1. The topological polar surface area (TPSA) is 114 Å². The molecule has 10 heteroatoms. The van der Waals surface area contributed by atoms with Gasteiger partial charge in [0.25, 0.3) is 0 Å². The van der Waals surface area contributed by atoms with Gasteiger partial charge in [0.1, 0.15) is 18.2 Å². The van der Waals surface area contributed by atoms with Crippen molar-refractivity contribution in [2.24, 2.45) is 17.8 Å². The van der Waals surface area contributed by atoms with Gasteiger partial charge in [0.2, 0.25) is 0 Å². The summed E-state index contributed by atoms with van der Waals surface area (Å²) in [5, 5.41) is 15.1. The van der Waals surface area contributed by atoms with Crippen molar-refractivity contribution >= 4 is 17.6 Å². The zero-order valence-electron chi connectivity index (χ0n) is 18.1. The molecule has 1 aliphatic carbocycles. The molecule has 9 nitrogen and oxygen atoms in total. The summed E-state index contributed by atoms with van der Waals surface area (Å²) in [4.78, 5) is 17.5. The van der Waals surface area contributed by atoms with E-state index in [-0.39, 0.29) is 6.10 Å². The first kappa shape index (κ1) is 21.9. The van der Waals surface area contributed by atoms with E-state index < -0.39 is 11.9 Å². The first-order chi connectivity index (χ1) is 16.6. The van der Waals surface area contributed by atoms with Crippen LogP contribution < -0.4 is 10.2 Å². The van der Waals surface area contributed by atoms with Gasteiger partial charge in [-0.1, -0.05) is 11.2 Å². The lowest BCUT2D eigenvalue weighted by Crippen LogP contribution is -2.27. The highest BCUT2D eigenvalue weighted by atomic mass is 19.1. The molecule has 1 saturated carbocycles. The number of fused-ring (bicyclic) bond motifs is 1. The van der Waals surface area contributed by atoms with E-state index in [4.69, 9.17) is 19.3 Å². The number of anilines is 2. The fourth-order valence-corrected chi connectivity index (χ4v) is 4.22. The number of nitrogens with zero attached hydrogens (tertiary/aromatic N) is 4. The quantitative estimate of drug-likeness (QED) is 0.609. The predicted molar refractivity (Wildman–Crippen MR) is 119 cm³/mol. The van der Waals surface area contributed by atoms with Gasteiger partial charge in [-0.05, 0) is 24.3 Å². The molecule has 6 rings (SSSR count). The molecule has 1 N–H and O–H groups in total. The van der Waals surface area contributed by atoms with E-state index in [1.807, 2.05) is 0 Å². The molecule has 4 heterocycles. The van der Waals surface area contributed by atoms with Crippen molar-refractivity contribution in [3.05, 3.63) is 60.9 Å². The van der Waals surface area contributed by atoms with Crippen molar-refractivity contribution < 1.29 is 23.2 Å². The number of cyclic esters (lactones) is 1. The van der Waals surface area contributed by atoms with Crippen molar-refractivity contribution in [2.45, 2.75) is 6.10 Å². The zero-order valence-corrected chi connectivity index (χ0v) is 18.1. The summed E-state index contributed by atoms with van der Waals surface area (Å²) in [5.41, 5.74) is 1.55. The van der Waals surface area contributed by atoms with Gasteiger partial charge in [-0.15, -0.1) is 0 Å². The van der Waals surface area contributed by atoms with E-state index in [9.17, 15) is 9.18 Å². The smallest absolute Gasteiger partial charge is 0.414 e. The number of benzene rings is 1. The molecule has 3 unspecified atom stereocenters. The van der Waals surface area contributed by atoms with Gasteiger partial charge in [-0.2, -0.15) is 5.26 Å². The number of hydrogen-bond donors (Lipinski definition) is 1. The predicted octanol–water partition coefficient (Wildman–Crippen LogP) is 3.72. The second-order valence-corrected chi connectivity index (χ2v) is 8.31. The molecular weight excluding hydrogens is 441 g/mol. The average molecular weight is 463 g/mol. The van der Waals surface area contributed by atoms with Gasteiger partial charge in [-0.25, -0.2) is 9.18 Å². The first-order valence-electron chi connectivity index (χ1n) is 10.9. The fourth-order valence-electron chi connectivity index (χ4n) is 4.22. The third-order valence-electron chi connectivity index (χ3n) is 6.16. The Morgan fingerprint density at radius 2 is 2.09 bits per heavy atom. The Bertz CT molecular complexity index is 1170. The van der Waals surface area contributed by atoms with Gasteiger partial charge in [0.15, 0.2) is 5.82 Å². The number of halogens is 1. The maximum absolute atomic E-state index is 14.5. The number of carbonyl (C=O) groups excluding carboxylic acids is 1. The number of nitriles is 1. The van der Waals surface area contributed by atoms with E-state index in [0.29, 0.717) is 53.5 Å². The molecule has 174 valence electrons. The first-order valence-corrected chi connectivity index (χ1v) is 10.9. The van der Waals surface area contributed by atoms with Crippen LogP contribution >= 0.6 is 0 Å².